The first-order chi connectivity index (χ1) is 6.25. The molecule has 2 atom stereocenters. The Morgan fingerprint density at radius 3 is 2.38 bits per heavy atom. The Labute approximate surface area is 77.5 Å². The van der Waals surface area contributed by atoms with Crippen molar-refractivity contribution in [3.63, 3.8) is 0 Å². The third-order valence-electron chi connectivity index (χ3n) is 2.64. The molecule has 1 fully saturated rings. The Hall–Kier alpha value is -1.05. The molecule has 0 aliphatic heterocycles. The lowest BCUT2D eigenvalue weighted by atomic mass is 9.83. The molecule has 0 aromatic heterocycles. The molecule has 0 amide bonds. The van der Waals surface area contributed by atoms with Crippen molar-refractivity contribution in [1.82, 2.24) is 0 Å². The second-order valence-electron chi connectivity index (χ2n) is 3.66. The molecular formula is C11H13FO. The summed E-state index contributed by atoms with van der Waals surface area (Å²) in [6, 6.07) is 6.22. The molecule has 1 aromatic rings. The molecule has 0 saturated heterocycles. The van der Waals surface area contributed by atoms with Gasteiger partial charge >= 0.3 is 0 Å². The van der Waals surface area contributed by atoms with E-state index in [1.165, 1.54) is 18.6 Å². The van der Waals surface area contributed by atoms with Crippen molar-refractivity contribution in [3.05, 3.63) is 30.1 Å². The van der Waals surface area contributed by atoms with Gasteiger partial charge in [0.25, 0.3) is 0 Å². The summed E-state index contributed by atoms with van der Waals surface area (Å²) in [5, 5.41) is 0. The molecule has 13 heavy (non-hydrogen) atoms. The van der Waals surface area contributed by atoms with E-state index in [2.05, 4.69) is 6.92 Å². The van der Waals surface area contributed by atoms with Crippen LogP contribution in [0.2, 0.25) is 0 Å². The van der Waals surface area contributed by atoms with Crippen LogP contribution in [0.1, 0.15) is 19.8 Å². The zero-order valence-electron chi connectivity index (χ0n) is 7.66. The molecule has 1 aliphatic rings. The molecular weight excluding hydrogens is 167 g/mol. The number of halogens is 1. The number of rotatable bonds is 2. The molecule has 0 bridgehead atoms. The first-order valence-corrected chi connectivity index (χ1v) is 4.68. The molecule has 1 aliphatic carbocycles. The molecule has 1 saturated carbocycles. The zero-order valence-corrected chi connectivity index (χ0v) is 7.66. The molecule has 2 heteroatoms. The summed E-state index contributed by atoms with van der Waals surface area (Å²) in [6.45, 7) is 2.18. The maximum Gasteiger partial charge on any atom is 0.123 e. The van der Waals surface area contributed by atoms with Crippen LogP contribution in [0.5, 0.6) is 5.75 Å². The van der Waals surface area contributed by atoms with Crippen LogP contribution in [0.25, 0.3) is 0 Å². The van der Waals surface area contributed by atoms with Crippen molar-refractivity contribution in [1.29, 1.82) is 0 Å². The lowest BCUT2D eigenvalue weighted by Crippen LogP contribution is -2.34. The summed E-state index contributed by atoms with van der Waals surface area (Å²) in [4.78, 5) is 0. The minimum atomic E-state index is -0.214. The summed E-state index contributed by atoms with van der Waals surface area (Å²) < 4.78 is 18.2. The highest BCUT2D eigenvalue weighted by atomic mass is 19.1. The number of ether oxygens (including phenoxy) is 1. The molecule has 0 heterocycles. The molecule has 2 rings (SSSR count). The van der Waals surface area contributed by atoms with Gasteiger partial charge in [-0.15, -0.1) is 0 Å². The van der Waals surface area contributed by atoms with Crippen molar-refractivity contribution in [3.8, 4) is 5.75 Å². The SMILES string of the molecule is C[C@@H]1CC[C@@H]1Oc1ccc(F)cc1. The van der Waals surface area contributed by atoms with Gasteiger partial charge in [-0.05, 0) is 43.0 Å². The lowest BCUT2D eigenvalue weighted by Gasteiger charge is -2.33. The molecule has 0 spiro atoms. The number of benzene rings is 1. The van der Waals surface area contributed by atoms with Crippen LogP contribution in [0.3, 0.4) is 0 Å². The monoisotopic (exact) mass is 180 g/mol. The van der Waals surface area contributed by atoms with Crippen LogP contribution in [-0.2, 0) is 0 Å². The molecule has 70 valence electrons. The fourth-order valence-corrected chi connectivity index (χ4v) is 1.50. The lowest BCUT2D eigenvalue weighted by molar-refractivity contribution is 0.0576. The predicted octanol–water partition coefficient (Wildman–Crippen LogP) is 3.00. The highest BCUT2D eigenvalue weighted by Gasteiger charge is 2.28. The second kappa shape index (κ2) is 3.36. The summed E-state index contributed by atoms with van der Waals surface area (Å²) in [6.07, 6.45) is 2.70. The highest BCUT2D eigenvalue weighted by molar-refractivity contribution is 5.22. The van der Waals surface area contributed by atoms with Crippen molar-refractivity contribution in [2.45, 2.75) is 25.9 Å². The Balaban J connectivity index is 1.98. The van der Waals surface area contributed by atoms with Crippen LogP contribution >= 0.6 is 0 Å². The Morgan fingerprint density at radius 1 is 1.23 bits per heavy atom. The number of hydrogen-bond acceptors (Lipinski definition) is 1. The second-order valence-corrected chi connectivity index (χ2v) is 3.66. The van der Waals surface area contributed by atoms with E-state index >= 15 is 0 Å². The van der Waals surface area contributed by atoms with Crippen molar-refractivity contribution >= 4 is 0 Å². The third kappa shape index (κ3) is 1.82. The standard InChI is InChI=1S/C11H13FO/c1-8-2-7-11(8)13-10-5-3-9(12)4-6-10/h3-6,8,11H,2,7H2,1H3/t8-,11+/m1/s1. The minimum absolute atomic E-state index is 0.214. The van der Waals surface area contributed by atoms with Gasteiger partial charge in [-0.25, -0.2) is 4.39 Å². The van der Waals surface area contributed by atoms with E-state index in [0.717, 1.165) is 12.2 Å². The maximum atomic E-state index is 12.5. The quantitative estimate of drug-likeness (QED) is 0.679. The van der Waals surface area contributed by atoms with E-state index in [0.29, 0.717) is 12.0 Å². The van der Waals surface area contributed by atoms with E-state index in [4.69, 9.17) is 4.74 Å². The average Bonchev–Trinajstić information content (AvgIpc) is 2.15. The van der Waals surface area contributed by atoms with Crippen molar-refractivity contribution < 1.29 is 9.13 Å². The van der Waals surface area contributed by atoms with Gasteiger partial charge in [-0.1, -0.05) is 6.92 Å². The maximum absolute atomic E-state index is 12.5. The molecule has 1 nitrogen and oxygen atoms in total. The Morgan fingerprint density at radius 2 is 1.92 bits per heavy atom. The Bertz CT molecular complexity index is 281. The summed E-state index contributed by atoms with van der Waals surface area (Å²) >= 11 is 0. The topological polar surface area (TPSA) is 9.23 Å². The van der Waals surface area contributed by atoms with E-state index < -0.39 is 0 Å². The molecule has 0 radical (unpaired) electrons. The normalized spacial score (nSPS) is 26.6. The predicted molar refractivity (Wildman–Crippen MR) is 49.2 cm³/mol. The average molecular weight is 180 g/mol. The van der Waals surface area contributed by atoms with Gasteiger partial charge in [0.2, 0.25) is 0 Å². The van der Waals surface area contributed by atoms with E-state index in [9.17, 15) is 4.39 Å². The molecule has 0 N–H and O–H groups in total. The van der Waals surface area contributed by atoms with Crippen LogP contribution < -0.4 is 4.74 Å². The largest absolute Gasteiger partial charge is 0.490 e. The van der Waals surface area contributed by atoms with Crippen molar-refractivity contribution in [2.24, 2.45) is 5.92 Å². The van der Waals surface area contributed by atoms with Gasteiger partial charge < -0.3 is 4.74 Å². The smallest absolute Gasteiger partial charge is 0.123 e. The van der Waals surface area contributed by atoms with Gasteiger partial charge in [0.1, 0.15) is 17.7 Å². The van der Waals surface area contributed by atoms with E-state index in [-0.39, 0.29) is 5.82 Å². The highest BCUT2D eigenvalue weighted by Crippen LogP contribution is 2.30. The van der Waals surface area contributed by atoms with E-state index in [1.54, 1.807) is 12.1 Å². The third-order valence-corrected chi connectivity index (χ3v) is 2.64. The fourth-order valence-electron chi connectivity index (χ4n) is 1.50. The molecule has 0 unspecified atom stereocenters. The van der Waals surface area contributed by atoms with Crippen LogP contribution in [-0.4, -0.2) is 6.10 Å². The van der Waals surface area contributed by atoms with Gasteiger partial charge in [-0.2, -0.15) is 0 Å². The van der Waals surface area contributed by atoms with Gasteiger partial charge in [-0.3, -0.25) is 0 Å². The first-order valence-electron chi connectivity index (χ1n) is 4.68. The van der Waals surface area contributed by atoms with Crippen LogP contribution in [0.15, 0.2) is 24.3 Å². The van der Waals surface area contributed by atoms with Gasteiger partial charge in [0.15, 0.2) is 0 Å². The molecule has 1 aromatic carbocycles. The summed E-state index contributed by atoms with van der Waals surface area (Å²) in [5.74, 6) is 1.21. The zero-order chi connectivity index (χ0) is 9.26. The Kier molecular flexibility index (Phi) is 2.21. The summed E-state index contributed by atoms with van der Waals surface area (Å²) in [5.41, 5.74) is 0. The van der Waals surface area contributed by atoms with Crippen LogP contribution in [0.4, 0.5) is 4.39 Å². The van der Waals surface area contributed by atoms with E-state index in [1.807, 2.05) is 0 Å². The van der Waals surface area contributed by atoms with Crippen molar-refractivity contribution in [2.75, 3.05) is 0 Å². The van der Waals surface area contributed by atoms with Crippen LogP contribution in [0, 0.1) is 11.7 Å². The van der Waals surface area contributed by atoms with Gasteiger partial charge in [0.05, 0.1) is 0 Å². The summed E-state index contributed by atoms with van der Waals surface area (Å²) in [7, 11) is 0. The first kappa shape index (κ1) is 8.54. The fraction of sp³-hybridized carbons (Fsp3) is 0.455. The minimum Gasteiger partial charge on any atom is -0.490 e. The van der Waals surface area contributed by atoms with Gasteiger partial charge in [0, 0.05) is 0 Å². The number of hydrogen-bond donors (Lipinski definition) is 0.